The fourth-order valence-electron chi connectivity index (χ4n) is 0.679. The zero-order valence-electron chi connectivity index (χ0n) is 7.28. The number of nitrogen functional groups attached to an aromatic ring is 1. The molecule has 1 aromatic rings. The van der Waals surface area contributed by atoms with Crippen LogP contribution in [0.5, 0.6) is 0 Å². The van der Waals surface area contributed by atoms with Crippen molar-refractivity contribution in [2.75, 3.05) is 24.2 Å². The molecular weight excluding hydrogens is 174 g/mol. The highest BCUT2D eigenvalue weighted by Crippen LogP contribution is 2.04. The van der Waals surface area contributed by atoms with Gasteiger partial charge in [0.2, 0.25) is 11.9 Å². The number of anilines is 2. The normalized spacial score (nSPS) is 15.3. The lowest BCUT2D eigenvalue weighted by molar-refractivity contribution is 0.0131. The van der Waals surface area contributed by atoms with Crippen LogP contribution in [-0.2, 0) is 0 Å². The van der Waals surface area contributed by atoms with E-state index in [4.69, 9.17) is 10.8 Å². The second-order valence-electron chi connectivity index (χ2n) is 3.05. The number of nitrogens with two attached hydrogens (primary N) is 1. The van der Waals surface area contributed by atoms with Crippen LogP contribution >= 0.6 is 0 Å². The van der Waals surface area contributed by atoms with Gasteiger partial charge in [0, 0.05) is 6.54 Å². The van der Waals surface area contributed by atoms with Gasteiger partial charge in [-0.25, -0.2) is 5.10 Å². The molecule has 7 heteroatoms. The van der Waals surface area contributed by atoms with E-state index in [-0.39, 0.29) is 19.1 Å². The third-order valence-electron chi connectivity index (χ3n) is 1.47. The van der Waals surface area contributed by atoms with Crippen molar-refractivity contribution >= 4 is 11.9 Å². The van der Waals surface area contributed by atoms with Crippen LogP contribution in [0.15, 0.2) is 0 Å². The van der Waals surface area contributed by atoms with Gasteiger partial charge in [-0.1, -0.05) is 0 Å². The highest BCUT2D eigenvalue weighted by Gasteiger charge is 2.18. The molecule has 1 heterocycles. The van der Waals surface area contributed by atoms with Crippen molar-refractivity contribution in [2.45, 2.75) is 12.5 Å². The number of aromatic amines is 1. The van der Waals surface area contributed by atoms with E-state index in [0.29, 0.717) is 5.95 Å². The van der Waals surface area contributed by atoms with Gasteiger partial charge in [-0.2, -0.15) is 4.98 Å². The Labute approximate surface area is 75.0 Å². The van der Waals surface area contributed by atoms with E-state index in [2.05, 4.69) is 20.5 Å². The molecule has 74 valence electrons. The lowest BCUT2D eigenvalue weighted by atomic mass is 10.1. The number of H-pyrrole nitrogens is 1. The predicted octanol–water partition coefficient (Wildman–Crippen LogP) is -1.46. The molecule has 0 bridgehead atoms. The van der Waals surface area contributed by atoms with E-state index in [0.717, 1.165) is 0 Å². The van der Waals surface area contributed by atoms with Crippen molar-refractivity contribution in [1.82, 2.24) is 15.2 Å². The first kappa shape index (κ1) is 9.75. The third-order valence-corrected chi connectivity index (χ3v) is 1.47. The largest absolute Gasteiger partial charge is 0.393 e. The third kappa shape index (κ3) is 2.88. The minimum atomic E-state index is -1.19. The number of rotatable bonds is 4. The number of aliphatic hydroxyl groups is 2. The lowest BCUT2D eigenvalue weighted by Crippen LogP contribution is -2.37. The SMILES string of the molecule is CC(O)(CO)CNc1n[nH]c(N)n1. The zero-order valence-corrected chi connectivity index (χ0v) is 7.28. The van der Waals surface area contributed by atoms with E-state index < -0.39 is 5.60 Å². The van der Waals surface area contributed by atoms with Crippen molar-refractivity contribution in [3.63, 3.8) is 0 Å². The summed E-state index contributed by atoms with van der Waals surface area (Å²) in [6, 6.07) is 0. The molecule has 0 spiro atoms. The summed E-state index contributed by atoms with van der Waals surface area (Å²) in [4.78, 5) is 3.76. The number of nitrogens with one attached hydrogen (secondary N) is 2. The molecule has 6 N–H and O–H groups in total. The van der Waals surface area contributed by atoms with Gasteiger partial charge in [0.05, 0.1) is 6.61 Å². The molecule has 0 aromatic carbocycles. The molecule has 0 aliphatic rings. The second kappa shape index (κ2) is 3.58. The van der Waals surface area contributed by atoms with Crippen molar-refractivity contribution in [2.24, 2.45) is 0 Å². The maximum absolute atomic E-state index is 9.38. The molecule has 1 unspecified atom stereocenters. The maximum atomic E-state index is 9.38. The molecule has 1 rings (SSSR count). The Hall–Kier alpha value is -1.34. The van der Waals surface area contributed by atoms with Gasteiger partial charge < -0.3 is 21.3 Å². The summed E-state index contributed by atoms with van der Waals surface area (Å²) in [5, 5.41) is 26.9. The van der Waals surface area contributed by atoms with E-state index in [9.17, 15) is 5.11 Å². The summed E-state index contributed by atoms with van der Waals surface area (Å²) in [7, 11) is 0. The van der Waals surface area contributed by atoms with Gasteiger partial charge in [-0.15, -0.1) is 5.10 Å². The van der Waals surface area contributed by atoms with Gasteiger partial charge >= 0.3 is 0 Å². The zero-order chi connectivity index (χ0) is 9.90. The first-order chi connectivity index (χ1) is 6.03. The molecule has 13 heavy (non-hydrogen) atoms. The molecule has 0 saturated heterocycles. The Balaban J connectivity index is 2.43. The molecule has 1 aromatic heterocycles. The van der Waals surface area contributed by atoms with Crippen LogP contribution in [0.4, 0.5) is 11.9 Å². The van der Waals surface area contributed by atoms with Crippen molar-refractivity contribution in [1.29, 1.82) is 0 Å². The van der Waals surface area contributed by atoms with Crippen LogP contribution in [0.2, 0.25) is 0 Å². The fraction of sp³-hybridized carbons (Fsp3) is 0.667. The first-order valence-electron chi connectivity index (χ1n) is 3.78. The van der Waals surface area contributed by atoms with Gasteiger partial charge in [-0.3, -0.25) is 0 Å². The number of aromatic nitrogens is 3. The topological polar surface area (TPSA) is 120 Å². The van der Waals surface area contributed by atoms with Crippen LogP contribution in [0, 0.1) is 0 Å². The molecule has 1 atom stereocenters. The van der Waals surface area contributed by atoms with Crippen LogP contribution in [-0.4, -0.2) is 44.1 Å². The van der Waals surface area contributed by atoms with Crippen LogP contribution in [0.25, 0.3) is 0 Å². The second-order valence-corrected chi connectivity index (χ2v) is 3.05. The Kier molecular flexibility index (Phi) is 2.69. The minimum absolute atomic E-state index is 0.154. The van der Waals surface area contributed by atoms with E-state index >= 15 is 0 Å². The molecule has 0 amide bonds. The van der Waals surface area contributed by atoms with Crippen LogP contribution in [0.3, 0.4) is 0 Å². The highest BCUT2D eigenvalue weighted by atomic mass is 16.3. The summed E-state index contributed by atoms with van der Waals surface area (Å²) < 4.78 is 0. The number of hydrogen-bond acceptors (Lipinski definition) is 6. The van der Waals surface area contributed by atoms with E-state index in [1.165, 1.54) is 6.92 Å². The van der Waals surface area contributed by atoms with Crippen molar-refractivity contribution < 1.29 is 10.2 Å². The van der Waals surface area contributed by atoms with Gasteiger partial charge in [0.1, 0.15) is 5.60 Å². The van der Waals surface area contributed by atoms with Crippen LogP contribution in [0.1, 0.15) is 6.92 Å². The molecule has 0 aliphatic heterocycles. The van der Waals surface area contributed by atoms with E-state index in [1.54, 1.807) is 0 Å². The average molecular weight is 187 g/mol. The van der Waals surface area contributed by atoms with Gasteiger partial charge in [0.15, 0.2) is 0 Å². The quantitative estimate of drug-likeness (QED) is 0.393. The molecule has 0 radical (unpaired) electrons. The molecule has 0 fully saturated rings. The molecule has 0 aliphatic carbocycles. The number of hydrogen-bond donors (Lipinski definition) is 5. The Bertz CT molecular complexity index is 272. The van der Waals surface area contributed by atoms with Crippen molar-refractivity contribution in [3.05, 3.63) is 0 Å². The molecular formula is C6H13N5O2. The summed E-state index contributed by atoms with van der Waals surface area (Å²) in [5.74, 6) is 0.498. The van der Waals surface area contributed by atoms with E-state index in [1.807, 2.05) is 0 Å². The summed E-state index contributed by atoms with van der Waals surface area (Å²) in [6.45, 7) is 1.32. The standard InChI is InChI=1S/C6H13N5O2/c1-6(13,3-12)2-8-5-9-4(7)10-11-5/h12-13H,2-3H2,1H3,(H4,7,8,9,10,11). The summed E-state index contributed by atoms with van der Waals surface area (Å²) >= 11 is 0. The van der Waals surface area contributed by atoms with Crippen molar-refractivity contribution in [3.8, 4) is 0 Å². The monoisotopic (exact) mass is 187 g/mol. The average Bonchev–Trinajstić information content (AvgIpc) is 2.48. The minimum Gasteiger partial charge on any atom is -0.393 e. The number of aliphatic hydroxyl groups excluding tert-OH is 1. The predicted molar refractivity (Wildman–Crippen MR) is 47.0 cm³/mol. The number of nitrogens with zero attached hydrogens (tertiary/aromatic N) is 2. The Morgan fingerprint density at radius 3 is 2.85 bits per heavy atom. The van der Waals surface area contributed by atoms with Gasteiger partial charge in [0.25, 0.3) is 0 Å². The fourth-order valence-corrected chi connectivity index (χ4v) is 0.679. The lowest BCUT2D eigenvalue weighted by Gasteiger charge is -2.19. The highest BCUT2D eigenvalue weighted by molar-refractivity contribution is 5.30. The summed E-state index contributed by atoms with van der Waals surface area (Å²) in [6.07, 6.45) is 0. The molecule has 7 nitrogen and oxygen atoms in total. The first-order valence-corrected chi connectivity index (χ1v) is 3.78. The van der Waals surface area contributed by atoms with Crippen LogP contribution < -0.4 is 11.1 Å². The Morgan fingerprint density at radius 1 is 1.69 bits per heavy atom. The van der Waals surface area contributed by atoms with Gasteiger partial charge in [-0.05, 0) is 6.92 Å². The molecule has 0 saturated carbocycles. The Morgan fingerprint density at radius 2 is 2.38 bits per heavy atom. The maximum Gasteiger partial charge on any atom is 0.243 e. The summed E-state index contributed by atoms with van der Waals surface area (Å²) in [5.41, 5.74) is 4.08. The smallest absolute Gasteiger partial charge is 0.243 e.